The molecule has 4 fully saturated rings. The van der Waals surface area contributed by atoms with Crippen LogP contribution in [0.15, 0.2) is 29.4 Å². The molecule has 0 atom stereocenters. The smallest absolute Gasteiger partial charge is 0.321 e. The number of rotatable bonds is 8. The van der Waals surface area contributed by atoms with E-state index in [1.165, 1.54) is 36.7 Å². The molecular formula is C26H36N6O2S. The first-order valence-electron chi connectivity index (χ1n) is 12.9. The van der Waals surface area contributed by atoms with E-state index in [9.17, 15) is 9.59 Å². The van der Waals surface area contributed by atoms with Crippen molar-refractivity contribution in [3.63, 3.8) is 0 Å². The van der Waals surface area contributed by atoms with E-state index in [0.717, 1.165) is 61.5 Å². The molecule has 4 aliphatic rings. The summed E-state index contributed by atoms with van der Waals surface area (Å²) in [5.41, 5.74) is 2.05. The highest BCUT2D eigenvalue weighted by atomic mass is 32.2. The van der Waals surface area contributed by atoms with E-state index in [-0.39, 0.29) is 23.2 Å². The summed E-state index contributed by atoms with van der Waals surface area (Å²) in [6.45, 7) is 6.21. The number of nitrogens with zero attached hydrogens (tertiary/aromatic N) is 4. The Morgan fingerprint density at radius 2 is 1.63 bits per heavy atom. The minimum Gasteiger partial charge on any atom is -0.372 e. The van der Waals surface area contributed by atoms with Gasteiger partial charge in [0.25, 0.3) is 0 Å². The van der Waals surface area contributed by atoms with Crippen LogP contribution in [-0.4, -0.2) is 51.1 Å². The number of hydrogen-bond acceptors (Lipinski definition) is 6. The highest BCUT2D eigenvalue weighted by Crippen LogP contribution is 2.55. The predicted octanol–water partition coefficient (Wildman–Crippen LogP) is 4.22. The van der Waals surface area contributed by atoms with E-state index in [2.05, 4.69) is 51.7 Å². The van der Waals surface area contributed by atoms with Crippen LogP contribution in [0, 0.1) is 17.8 Å². The molecule has 8 nitrogen and oxygen atoms in total. The molecule has 2 N–H and O–H groups in total. The molecule has 1 heterocycles. The van der Waals surface area contributed by atoms with Crippen molar-refractivity contribution >= 4 is 29.4 Å². The van der Waals surface area contributed by atoms with Gasteiger partial charge in [-0.2, -0.15) is 0 Å². The number of anilines is 1. The predicted molar refractivity (Wildman–Crippen MR) is 138 cm³/mol. The van der Waals surface area contributed by atoms with Crippen LogP contribution < -0.4 is 15.5 Å². The molecule has 0 unspecified atom stereocenters. The zero-order valence-corrected chi connectivity index (χ0v) is 21.7. The van der Waals surface area contributed by atoms with Crippen LogP contribution >= 0.6 is 11.8 Å². The third-order valence-corrected chi connectivity index (χ3v) is 9.11. The molecule has 4 aliphatic carbocycles. The van der Waals surface area contributed by atoms with Crippen molar-refractivity contribution < 1.29 is 9.59 Å². The second-order valence-electron chi connectivity index (χ2n) is 10.6. The Bertz CT molecular complexity index is 1040. The molecule has 4 bridgehead atoms. The number of amides is 3. The van der Waals surface area contributed by atoms with Crippen molar-refractivity contribution in [3.8, 4) is 11.4 Å². The lowest BCUT2D eigenvalue weighted by Gasteiger charge is -2.56. The van der Waals surface area contributed by atoms with Gasteiger partial charge in [0, 0.05) is 36.9 Å². The molecule has 0 saturated heterocycles. The van der Waals surface area contributed by atoms with Crippen molar-refractivity contribution in [2.75, 3.05) is 23.7 Å². The summed E-state index contributed by atoms with van der Waals surface area (Å²) in [4.78, 5) is 27.4. The number of carbonyl (C=O) groups excluding carboxylic acids is 2. The average molecular weight is 497 g/mol. The Hall–Kier alpha value is -2.55. The Morgan fingerprint density at radius 1 is 1.03 bits per heavy atom. The van der Waals surface area contributed by atoms with Crippen LogP contribution in [0.25, 0.3) is 11.4 Å². The van der Waals surface area contributed by atoms with Gasteiger partial charge in [0.05, 0.1) is 5.75 Å². The van der Waals surface area contributed by atoms with Gasteiger partial charge in [0.1, 0.15) is 0 Å². The van der Waals surface area contributed by atoms with E-state index in [1.54, 1.807) is 0 Å². The third-order valence-electron chi connectivity index (χ3n) is 8.09. The van der Waals surface area contributed by atoms with E-state index in [0.29, 0.717) is 5.16 Å². The van der Waals surface area contributed by atoms with Crippen molar-refractivity contribution in [1.29, 1.82) is 0 Å². The van der Waals surface area contributed by atoms with Gasteiger partial charge in [-0.1, -0.05) is 11.8 Å². The number of aromatic nitrogens is 3. The monoisotopic (exact) mass is 496 g/mol. The molecular weight excluding hydrogens is 460 g/mol. The van der Waals surface area contributed by atoms with Crippen LogP contribution in [0.5, 0.6) is 0 Å². The molecule has 4 saturated carbocycles. The van der Waals surface area contributed by atoms with Gasteiger partial charge in [-0.15, -0.1) is 10.2 Å². The second-order valence-corrected chi connectivity index (χ2v) is 11.5. The standard InChI is InChI=1S/C26H36N6O2S/c1-4-32(5-2)21-8-6-20(7-9-21)23-29-30-25(31(23)3)35-16-22(33)27-24(34)28-26-13-17-10-18(14-26)12-19(11-17)15-26/h6-9,17-19H,4-5,10-16H2,1-3H3,(H2,27,28,33,34). The Labute approximate surface area is 211 Å². The Kier molecular flexibility index (Phi) is 6.79. The Balaban J connectivity index is 1.14. The molecule has 2 aromatic rings. The third kappa shape index (κ3) is 5.06. The summed E-state index contributed by atoms with van der Waals surface area (Å²) in [5.74, 6) is 2.77. The molecule has 9 heteroatoms. The largest absolute Gasteiger partial charge is 0.372 e. The molecule has 1 aromatic carbocycles. The lowest BCUT2D eigenvalue weighted by molar-refractivity contribution is -0.117. The zero-order valence-electron chi connectivity index (χ0n) is 20.9. The van der Waals surface area contributed by atoms with Gasteiger partial charge in [0.15, 0.2) is 11.0 Å². The maximum atomic E-state index is 12.6. The molecule has 6 rings (SSSR count). The maximum Gasteiger partial charge on any atom is 0.321 e. The lowest BCUT2D eigenvalue weighted by Crippen LogP contribution is -2.61. The van der Waals surface area contributed by atoms with Gasteiger partial charge in [-0.25, -0.2) is 4.79 Å². The average Bonchev–Trinajstić information content (AvgIpc) is 3.18. The van der Waals surface area contributed by atoms with Crippen LogP contribution in [0.2, 0.25) is 0 Å². The first kappa shape index (κ1) is 24.2. The molecule has 0 radical (unpaired) electrons. The van der Waals surface area contributed by atoms with Crippen molar-refractivity contribution in [1.82, 2.24) is 25.4 Å². The van der Waals surface area contributed by atoms with Crippen molar-refractivity contribution in [2.24, 2.45) is 24.8 Å². The van der Waals surface area contributed by atoms with Gasteiger partial charge in [0.2, 0.25) is 5.91 Å². The number of benzene rings is 1. The van der Waals surface area contributed by atoms with Gasteiger partial charge < -0.3 is 14.8 Å². The van der Waals surface area contributed by atoms with E-state index in [1.807, 2.05) is 23.7 Å². The van der Waals surface area contributed by atoms with E-state index >= 15 is 0 Å². The van der Waals surface area contributed by atoms with Crippen LogP contribution in [-0.2, 0) is 11.8 Å². The summed E-state index contributed by atoms with van der Waals surface area (Å²) in [7, 11) is 1.90. The number of urea groups is 1. The molecule has 188 valence electrons. The van der Waals surface area contributed by atoms with Crippen LogP contribution in [0.3, 0.4) is 0 Å². The molecule has 0 spiro atoms. The number of thioether (sulfide) groups is 1. The first-order chi connectivity index (χ1) is 16.9. The summed E-state index contributed by atoms with van der Waals surface area (Å²) >= 11 is 1.29. The van der Waals surface area contributed by atoms with Crippen LogP contribution in [0.1, 0.15) is 52.4 Å². The van der Waals surface area contributed by atoms with Crippen molar-refractivity contribution in [2.45, 2.75) is 63.1 Å². The zero-order chi connectivity index (χ0) is 24.6. The lowest BCUT2D eigenvalue weighted by atomic mass is 9.53. The number of hydrogen-bond donors (Lipinski definition) is 2. The first-order valence-corrected chi connectivity index (χ1v) is 13.9. The number of imide groups is 1. The van der Waals surface area contributed by atoms with Crippen LogP contribution in [0.4, 0.5) is 10.5 Å². The minimum absolute atomic E-state index is 0.106. The van der Waals surface area contributed by atoms with Gasteiger partial charge in [-0.3, -0.25) is 10.1 Å². The quantitative estimate of drug-likeness (QED) is 0.532. The number of nitrogens with one attached hydrogen (secondary N) is 2. The SMILES string of the molecule is CCN(CC)c1ccc(-c2nnc(SCC(=O)NC(=O)NC34CC5CC(CC(C5)C3)C4)n2C)cc1. The summed E-state index contributed by atoms with van der Waals surface area (Å²) in [6, 6.07) is 7.94. The van der Waals surface area contributed by atoms with Gasteiger partial charge >= 0.3 is 6.03 Å². The minimum atomic E-state index is -0.357. The fourth-order valence-electron chi connectivity index (χ4n) is 6.93. The summed E-state index contributed by atoms with van der Waals surface area (Å²) in [5, 5.41) is 15.0. The normalized spacial score (nSPS) is 26.5. The van der Waals surface area contributed by atoms with Gasteiger partial charge in [-0.05, 0) is 94.4 Å². The maximum absolute atomic E-state index is 12.6. The molecule has 3 amide bonds. The number of carbonyl (C=O) groups is 2. The molecule has 35 heavy (non-hydrogen) atoms. The van der Waals surface area contributed by atoms with E-state index < -0.39 is 0 Å². The Morgan fingerprint density at radius 3 is 2.20 bits per heavy atom. The van der Waals surface area contributed by atoms with Crippen molar-refractivity contribution in [3.05, 3.63) is 24.3 Å². The molecule has 1 aromatic heterocycles. The summed E-state index contributed by atoms with van der Waals surface area (Å²) in [6.07, 6.45) is 7.14. The topological polar surface area (TPSA) is 92.2 Å². The highest BCUT2D eigenvalue weighted by molar-refractivity contribution is 7.99. The fraction of sp³-hybridized carbons (Fsp3) is 0.615. The highest BCUT2D eigenvalue weighted by Gasteiger charge is 2.51. The fourth-order valence-corrected chi connectivity index (χ4v) is 7.64. The second kappa shape index (κ2) is 9.84. The van der Waals surface area contributed by atoms with E-state index in [4.69, 9.17) is 0 Å². The summed E-state index contributed by atoms with van der Waals surface area (Å²) < 4.78 is 1.89. The molecule has 0 aliphatic heterocycles.